The third kappa shape index (κ3) is 9.16. The van der Waals surface area contributed by atoms with Gasteiger partial charge in [-0.3, -0.25) is 18.7 Å². The van der Waals surface area contributed by atoms with Gasteiger partial charge < -0.3 is 4.90 Å². The maximum Gasteiger partial charge on any atom is 0.295 e. The molecule has 1 aliphatic rings. The van der Waals surface area contributed by atoms with Crippen molar-refractivity contribution in [3.63, 3.8) is 0 Å². The molecular weight excluding hydrogens is 713 g/mol. The molecule has 266 valence electrons. The zero-order chi connectivity index (χ0) is 37.0. The monoisotopic (exact) mass is 748 g/mol. The lowest BCUT2D eigenvalue weighted by Crippen LogP contribution is -2.22. The van der Waals surface area contributed by atoms with Gasteiger partial charge >= 0.3 is 0 Å². The second-order valence-corrected chi connectivity index (χ2v) is 15.9. The minimum atomic E-state index is -4.60. The van der Waals surface area contributed by atoms with Crippen molar-refractivity contribution in [3.05, 3.63) is 149 Å². The molecular formula is C37H36N2O9S3. The number of hydrogen-bond donors (Lipinski definition) is 3. The smallest absolute Gasteiger partial charge is 0.295 e. The van der Waals surface area contributed by atoms with E-state index in [0.29, 0.717) is 47.5 Å². The lowest BCUT2D eigenvalue weighted by molar-refractivity contribution is 0.480. The summed E-state index contributed by atoms with van der Waals surface area (Å²) >= 11 is 0. The van der Waals surface area contributed by atoms with Crippen LogP contribution in [0, 0.1) is 0 Å². The van der Waals surface area contributed by atoms with Crippen LogP contribution in [-0.4, -0.2) is 51.2 Å². The zero-order valence-corrected chi connectivity index (χ0v) is 30.2. The molecule has 0 radical (unpaired) electrons. The largest absolute Gasteiger partial charge is 0.367 e. The Labute approximate surface area is 298 Å². The Morgan fingerprint density at radius 3 is 1.76 bits per heavy atom. The van der Waals surface area contributed by atoms with E-state index < -0.39 is 30.4 Å². The zero-order valence-electron chi connectivity index (χ0n) is 27.7. The van der Waals surface area contributed by atoms with Crippen molar-refractivity contribution in [2.24, 2.45) is 4.99 Å². The number of hydrogen-bond acceptors (Lipinski definition) is 8. The van der Waals surface area contributed by atoms with Gasteiger partial charge in [-0.25, -0.2) is 0 Å². The third-order valence-corrected chi connectivity index (χ3v) is 11.0. The first-order valence-corrected chi connectivity index (χ1v) is 20.1. The number of anilines is 1. The predicted molar refractivity (Wildman–Crippen MR) is 197 cm³/mol. The van der Waals surface area contributed by atoms with Crippen LogP contribution in [0.2, 0.25) is 0 Å². The third-order valence-electron chi connectivity index (χ3n) is 8.33. The number of benzene rings is 4. The summed E-state index contributed by atoms with van der Waals surface area (Å²) in [6.45, 7) is 5.28. The Balaban J connectivity index is 1.52. The van der Waals surface area contributed by atoms with Crippen LogP contribution in [0.3, 0.4) is 0 Å². The van der Waals surface area contributed by atoms with Crippen molar-refractivity contribution >= 4 is 47.3 Å². The standard InChI is InChI=1S/C37H36N2O9S3/c1-3-28-23-30(15-22-35(28)38-24-26-9-18-32(19-10-26)49(40,41)42)37(34-7-5-6-8-36(34)51(46,47)48)29-13-16-31(17-14-29)39(4-2)25-27-11-20-33(21-12-27)50(43,44)45/h5-23H,3-4,24-25H2,1-2H3,(H,40,41,42)(H,43,44,45)(H,46,47,48). The molecule has 3 N–H and O–H groups in total. The fourth-order valence-electron chi connectivity index (χ4n) is 5.71. The Kier molecular flexibility index (Phi) is 11.2. The highest BCUT2D eigenvalue weighted by molar-refractivity contribution is 7.86. The first-order chi connectivity index (χ1) is 24.1. The molecule has 0 spiro atoms. The Bertz CT molecular complexity index is 2380. The van der Waals surface area contributed by atoms with Gasteiger partial charge in [-0.1, -0.05) is 67.6 Å². The number of aliphatic imine (C=N–C) groups is 1. The number of nitrogens with zero attached hydrogens (tertiary/aromatic N) is 2. The van der Waals surface area contributed by atoms with Gasteiger partial charge in [-0.15, -0.1) is 0 Å². The molecule has 0 bridgehead atoms. The highest BCUT2D eigenvalue weighted by Crippen LogP contribution is 2.36. The number of allylic oxidation sites excluding steroid dienone is 5. The van der Waals surface area contributed by atoms with Gasteiger partial charge in [0, 0.05) is 24.3 Å². The van der Waals surface area contributed by atoms with Crippen molar-refractivity contribution in [3.8, 4) is 0 Å². The van der Waals surface area contributed by atoms with E-state index in [1.807, 2.05) is 56.3 Å². The van der Waals surface area contributed by atoms with Crippen molar-refractivity contribution in [2.45, 2.75) is 48.0 Å². The molecule has 0 saturated heterocycles. The molecule has 0 amide bonds. The van der Waals surface area contributed by atoms with Crippen LogP contribution in [0.1, 0.15) is 42.5 Å². The first kappa shape index (κ1) is 37.6. The average molecular weight is 749 g/mol. The molecule has 0 atom stereocenters. The molecule has 5 rings (SSSR count). The van der Waals surface area contributed by atoms with Crippen molar-refractivity contribution in [2.75, 3.05) is 11.4 Å². The molecule has 1 aliphatic carbocycles. The van der Waals surface area contributed by atoms with Crippen LogP contribution in [-0.2, 0) is 43.4 Å². The van der Waals surface area contributed by atoms with Crippen LogP contribution in [0.25, 0.3) is 5.57 Å². The average Bonchev–Trinajstić information content (AvgIpc) is 3.10. The summed E-state index contributed by atoms with van der Waals surface area (Å²) in [5.41, 5.74) is 6.25. The molecule has 51 heavy (non-hydrogen) atoms. The van der Waals surface area contributed by atoms with Gasteiger partial charge in [0.05, 0.1) is 22.0 Å². The van der Waals surface area contributed by atoms with E-state index in [0.717, 1.165) is 22.4 Å². The summed E-state index contributed by atoms with van der Waals surface area (Å²) in [5, 5.41) is 0. The first-order valence-electron chi connectivity index (χ1n) is 15.8. The van der Waals surface area contributed by atoms with Gasteiger partial charge in [0.1, 0.15) is 4.90 Å². The molecule has 0 unspecified atom stereocenters. The molecule has 0 aliphatic heterocycles. The van der Waals surface area contributed by atoms with E-state index in [2.05, 4.69) is 4.90 Å². The predicted octanol–water partition coefficient (Wildman–Crippen LogP) is 6.80. The quantitative estimate of drug-likeness (QED) is 0.131. The van der Waals surface area contributed by atoms with E-state index in [1.54, 1.807) is 36.4 Å². The molecule has 14 heteroatoms. The lowest BCUT2D eigenvalue weighted by Gasteiger charge is -2.24. The van der Waals surface area contributed by atoms with E-state index in [1.165, 1.54) is 36.4 Å². The summed E-state index contributed by atoms with van der Waals surface area (Å²) in [6, 6.07) is 25.5. The molecule has 4 aromatic rings. The van der Waals surface area contributed by atoms with E-state index in [-0.39, 0.29) is 21.2 Å². The molecule has 0 aromatic heterocycles. The van der Waals surface area contributed by atoms with Crippen LogP contribution in [0.15, 0.2) is 146 Å². The van der Waals surface area contributed by atoms with Crippen LogP contribution in [0.4, 0.5) is 5.69 Å². The van der Waals surface area contributed by atoms with Gasteiger partial charge in [-0.05, 0) is 101 Å². The van der Waals surface area contributed by atoms with Crippen molar-refractivity contribution in [1.29, 1.82) is 0 Å². The molecule has 4 aromatic carbocycles. The van der Waals surface area contributed by atoms with E-state index in [4.69, 9.17) is 4.99 Å². The fraction of sp³-hybridized carbons (Fsp3) is 0.162. The summed E-state index contributed by atoms with van der Waals surface area (Å²) in [5.74, 6) is 0. The highest BCUT2D eigenvalue weighted by atomic mass is 32.2. The second-order valence-electron chi connectivity index (χ2n) is 11.7. The van der Waals surface area contributed by atoms with Crippen molar-refractivity contribution < 1.29 is 38.9 Å². The minimum absolute atomic E-state index is 0.187. The summed E-state index contributed by atoms with van der Waals surface area (Å²) in [4.78, 5) is 6.16. The maximum atomic E-state index is 12.6. The SMILES string of the molecule is CCC1=CC(=C(c2ccc(N(CC)Cc3ccc(S(=O)(=O)O)cc3)cc2)c2ccccc2S(=O)(=O)O)C=CC1=NCc1ccc(S(=O)(=O)O)cc1. The Morgan fingerprint density at radius 1 is 0.667 bits per heavy atom. The summed E-state index contributed by atoms with van der Waals surface area (Å²) < 4.78 is 99.6. The molecule has 0 heterocycles. The van der Waals surface area contributed by atoms with Gasteiger partial charge in [0.25, 0.3) is 30.4 Å². The molecule has 11 nitrogen and oxygen atoms in total. The fourth-order valence-corrected chi connectivity index (χ4v) is 7.37. The normalized spacial score (nSPS) is 15.5. The maximum absolute atomic E-state index is 12.6. The van der Waals surface area contributed by atoms with Gasteiger partial charge in [0.2, 0.25) is 0 Å². The second kappa shape index (κ2) is 15.3. The highest BCUT2D eigenvalue weighted by Gasteiger charge is 2.22. The van der Waals surface area contributed by atoms with E-state index >= 15 is 0 Å². The molecule has 0 fully saturated rings. The van der Waals surface area contributed by atoms with Gasteiger partial charge in [-0.2, -0.15) is 25.3 Å². The summed E-state index contributed by atoms with van der Waals surface area (Å²) in [7, 11) is -13.2. The van der Waals surface area contributed by atoms with Crippen LogP contribution >= 0.6 is 0 Å². The van der Waals surface area contributed by atoms with Gasteiger partial charge in [0.15, 0.2) is 0 Å². The lowest BCUT2D eigenvalue weighted by atomic mass is 9.88. The van der Waals surface area contributed by atoms with E-state index in [9.17, 15) is 38.9 Å². The Morgan fingerprint density at radius 2 is 1.24 bits per heavy atom. The summed E-state index contributed by atoms with van der Waals surface area (Å²) in [6.07, 6.45) is 6.19. The molecule has 0 saturated carbocycles. The Hall–Kier alpha value is -4.70. The van der Waals surface area contributed by atoms with Crippen LogP contribution in [0.5, 0.6) is 0 Å². The van der Waals surface area contributed by atoms with Crippen molar-refractivity contribution in [1.82, 2.24) is 0 Å². The van der Waals surface area contributed by atoms with Crippen LogP contribution < -0.4 is 4.90 Å². The topological polar surface area (TPSA) is 179 Å². The number of rotatable bonds is 12. The minimum Gasteiger partial charge on any atom is -0.367 e.